The first-order valence-electron chi connectivity index (χ1n) is 9.40. The summed E-state index contributed by atoms with van der Waals surface area (Å²) in [5.74, 6) is -1.23. The molecule has 0 aliphatic carbocycles. The van der Waals surface area contributed by atoms with Gasteiger partial charge in [0.05, 0.1) is 23.7 Å². The SMILES string of the molecule is CN=C/C(=C(/C)N)c1cncc(N2CCC(O)(c3ccc(F)c(F)c3)CC2C)n1. The number of aliphatic imine (C=N–C) groups is 1. The Morgan fingerprint density at radius 3 is 2.72 bits per heavy atom. The highest BCUT2D eigenvalue weighted by atomic mass is 19.2. The first-order chi connectivity index (χ1) is 13.7. The van der Waals surface area contributed by atoms with E-state index in [4.69, 9.17) is 5.73 Å². The molecule has 3 N–H and O–H groups in total. The van der Waals surface area contributed by atoms with Gasteiger partial charge >= 0.3 is 0 Å². The monoisotopic (exact) mass is 401 g/mol. The summed E-state index contributed by atoms with van der Waals surface area (Å²) in [6.45, 7) is 4.21. The van der Waals surface area contributed by atoms with Gasteiger partial charge in [-0.2, -0.15) is 0 Å². The number of aromatic nitrogens is 2. The van der Waals surface area contributed by atoms with Gasteiger partial charge in [-0.05, 0) is 38.0 Å². The lowest BCUT2D eigenvalue weighted by Crippen LogP contribution is -2.48. The molecule has 1 aromatic heterocycles. The largest absolute Gasteiger partial charge is 0.402 e. The topological polar surface area (TPSA) is 87.6 Å². The van der Waals surface area contributed by atoms with Gasteiger partial charge in [0.25, 0.3) is 0 Å². The van der Waals surface area contributed by atoms with Crippen LogP contribution < -0.4 is 10.6 Å². The molecule has 1 fully saturated rings. The average Bonchev–Trinajstić information content (AvgIpc) is 2.68. The molecule has 0 spiro atoms. The number of hydrogen-bond donors (Lipinski definition) is 2. The smallest absolute Gasteiger partial charge is 0.159 e. The van der Waals surface area contributed by atoms with Crippen LogP contribution in [0.15, 0.2) is 41.3 Å². The van der Waals surface area contributed by atoms with Crippen molar-refractivity contribution in [1.82, 2.24) is 9.97 Å². The third kappa shape index (κ3) is 4.27. The summed E-state index contributed by atoms with van der Waals surface area (Å²) in [7, 11) is 1.66. The molecule has 2 unspecified atom stereocenters. The molecule has 0 bridgehead atoms. The second kappa shape index (κ2) is 8.24. The van der Waals surface area contributed by atoms with E-state index in [9.17, 15) is 13.9 Å². The molecule has 1 aliphatic rings. The van der Waals surface area contributed by atoms with Crippen LogP contribution in [0.4, 0.5) is 14.6 Å². The molecule has 2 heterocycles. The Kier molecular flexibility index (Phi) is 5.93. The fraction of sp³-hybridized carbons (Fsp3) is 0.381. The number of aliphatic hydroxyl groups is 1. The van der Waals surface area contributed by atoms with Gasteiger partial charge in [-0.15, -0.1) is 0 Å². The van der Waals surface area contributed by atoms with E-state index in [1.807, 2.05) is 11.8 Å². The van der Waals surface area contributed by atoms with E-state index in [1.165, 1.54) is 6.07 Å². The third-order valence-corrected chi connectivity index (χ3v) is 5.26. The Bertz CT molecular complexity index is 958. The van der Waals surface area contributed by atoms with Crippen molar-refractivity contribution in [1.29, 1.82) is 0 Å². The van der Waals surface area contributed by atoms with Crippen LogP contribution in [0.2, 0.25) is 0 Å². The van der Waals surface area contributed by atoms with E-state index >= 15 is 0 Å². The van der Waals surface area contributed by atoms with Crippen LogP contribution in [0.5, 0.6) is 0 Å². The number of piperidine rings is 1. The Morgan fingerprint density at radius 2 is 2.10 bits per heavy atom. The first kappa shape index (κ1) is 20.9. The van der Waals surface area contributed by atoms with Gasteiger partial charge in [0.15, 0.2) is 11.6 Å². The van der Waals surface area contributed by atoms with Crippen molar-refractivity contribution in [3.8, 4) is 0 Å². The highest BCUT2D eigenvalue weighted by Crippen LogP contribution is 2.37. The quantitative estimate of drug-likeness (QED) is 0.769. The molecule has 2 atom stereocenters. The van der Waals surface area contributed by atoms with Gasteiger partial charge in [-0.3, -0.25) is 9.98 Å². The number of halogens is 2. The van der Waals surface area contributed by atoms with E-state index in [-0.39, 0.29) is 6.04 Å². The maximum atomic E-state index is 13.7. The van der Waals surface area contributed by atoms with E-state index in [2.05, 4.69) is 15.0 Å². The third-order valence-electron chi connectivity index (χ3n) is 5.26. The number of hydrogen-bond acceptors (Lipinski definition) is 6. The fourth-order valence-corrected chi connectivity index (χ4v) is 3.74. The molecule has 29 heavy (non-hydrogen) atoms. The molecule has 1 aliphatic heterocycles. The Labute approximate surface area is 168 Å². The van der Waals surface area contributed by atoms with Crippen molar-refractivity contribution in [3.05, 3.63) is 59.2 Å². The number of nitrogens with zero attached hydrogens (tertiary/aromatic N) is 4. The Hall–Kier alpha value is -2.87. The standard InChI is InChI=1S/C21H25F2N5O/c1-13-9-21(29,15-4-5-17(22)18(23)8-15)6-7-28(13)20-12-26-11-19(27-20)16(10-25-3)14(2)24/h4-5,8,10-13,29H,6-7,9,24H2,1-3H3/b16-14+,25-10?. The highest BCUT2D eigenvalue weighted by Gasteiger charge is 2.38. The van der Waals surface area contributed by atoms with Crippen LogP contribution in [0.3, 0.4) is 0 Å². The Morgan fingerprint density at radius 1 is 1.34 bits per heavy atom. The van der Waals surface area contributed by atoms with Gasteiger partial charge in [0, 0.05) is 43.5 Å². The van der Waals surface area contributed by atoms with Crippen molar-refractivity contribution in [3.63, 3.8) is 0 Å². The second-order valence-corrected chi connectivity index (χ2v) is 7.40. The molecule has 0 saturated carbocycles. The summed E-state index contributed by atoms with van der Waals surface area (Å²) in [5, 5.41) is 11.1. The predicted octanol–water partition coefficient (Wildman–Crippen LogP) is 3.02. The lowest BCUT2D eigenvalue weighted by molar-refractivity contribution is 0.000645. The number of rotatable bonds is 4. The fourth-order valence-electron chi connectivity index (χ4n) is 3.74. The van der Waals surface area contributed by atoms with Gasteiger partial charge in [0.1, 0.15) is 5.82 Å². The molecule has 8 heteroatoms. The van der Waals surface area contributed by atoms with Crippen LogP contribution in [0.25, 0.3) is 5.57 Å². The van der Waals surface area contributed by atoms with Crippen molar-refractivity contribution in [2.24, 2.45) is 10.7 Å². The summed E-state index contributed by atoms with van der Waals surface area (Å²) in [6.07, 6.45) is 5.63. The summed E-state index contributed by atoms with van der Waals surface area (Å²) in [6, 6.07) is 3.46. The van der Waals surface area contributed by atoms with E-state index in [0.717, 1.165) is 12.1 Å². The molecule has 6 nitrogen and oxygen atoms in total. The molecular formula is C21H25F2N5O. The molecule has 1 aromatic carbocycles. The minimum atomic E-state index is -1.23. The van der Waals surface area contributed by atoms with Crippen molar-refractivity contribution < 1.29 is 13.9 Å². The Balaban J connectivity index is 1.86. The normalized spacial score (nSPS) is 23.4. The summed E-state index contributed by atoms with van der Waals surface area (Å²) in [4.78, 5) is 15.0. The first-order valence-corrected chi connectivity index (χ1v) is 9.40. The summed E-state index contributed by atoms with van der Waals surface area (Å²) >= 11 is 0. The van der Waals surface area contributed by atoms with Crippen LogP contribution in [0.1, 0.15) is 37.9 Å². The predicted molar refractivity (Wildman–Crippen MR) is 110 cm³/mol. The number of allylic oxidation sites excluding steroid dienone is 2. The zero-order valence-corrected chi connectivity index (χ0v) is 16.7. The van der Waals surface area contributed by atoms with Crippen LogP contribution in [0, 0.1) is 11.6 Å². The summed E-state index contributed by atoms with van der Waals surface area (Å²) < 4.78 is 26.9. The second-order valence-electron chi connectivity index (χ2n) is 7.40. The maximum absolute atomic E-state index is 13.7. The van der Waals surface area contributed by atoms with Gasteiger partial charge in [-0.1, -0.05) is 6.07 Å². The average molecular weight is 401 g/mol. The lowest BCUT2D eigenvalue weighted by Gasteiger charge is -2.43. The molecule has 0 amide bonds. The molecular weight excluding hydrogens is 376 g/mol. The number of benzene rings is 1. The van der Waals surface area contributed by atoms with Crippen molar-refractivity contribution >= 4 is 17.6 Å². The molecule has 0 radical (unpaired) electrons. The van der Waals surface area contributed by atoms with E-state index < -0.39 is 17.2 Å². The van der Waals surface area contributed by atoms with Crippen LogP contribution in [-0.2, 0) is 5.60 Å². The minimum Gasteiger partial charge on any atom is -0.402 e. The zero-order valence-electron chi connectivity index (χ0n) is 16.7. The van der Waals surface area contributed by atoms with E-state index in [0.29, 0.717) is 47.7 Å². The number of nitrogens with two attached hydrogens (primary N) is 1. The lowest BCUT2D eigenvalue weighted by atomic mass is 9.81. The summed E-state index contributed by atoms with van der Waals surface area (Å²) in [5.41, 5.74) is 6.99. The zero-order chi connectivity index (χ0) is 21.2. The maximum Gasteiger partial charge on any atom is 0.159 e. The minimum absolute atomic E-state index is 0.0994. The van der Waals surface area contributed by atoms with Crippen LogP contribution >= 0.6 is 0 Å². The van der Waals surface area contributed by atoms with Gasteiger partial charge in [-0.25, -0.2) is 13.8 Å². The van der Waals surface area contributed by atoms with Crippen molar-refractivity contribution in [2.45, 2.75) is 38.3 Å². The number of anilines is 1. The molecule has 2 aromatic rings. The van der Waals surface area contributed by atoms with E-state index in [1.54, 1.807) is 32.6 Å². The molecule has 3 rings (SSSR count). The highest BCUT2D eigenvalue weighted by molar-refractivity contribution is 6.09. The van der Waals surface area contributed by atoms with Crippen LogP contribution in [-0.4, -0.2) is 40.9 Å². The van der Waals surface area contributed by atoms with Crippen molar-refractivity contribution in [2.75, 3.05) is 18.5 Å². The van der Waals surface area contributed by atoms with Gasteiger partial charge in [0.2, 0.25) is 0 Å². The molecule has 154 valence electrons. The molecule has 1 saturated heterocycles. The van der Waals surface area contributed by atoms with Gasteiger partial charge < -0.3 is 15.7 Å².